The number of nitrogens with two attached hydrogens (primary N) is 1. The minimum Gasteiger partial charge on any atom is -0.391 e. The van der Waals surface area contributed by atoms with E-state index in [1.54, 1.807) is 4.57 Å². The van der Waals surface area contributed by atoms with E-state index in [0.29, 0.717) is 12.1 Å². The number of ether oxygens (including phenoxy) is 1. The van der Waals surface area contributed by atoms with Crippen LogP contribution in [-0.4, -0.2) is 37.3 Å². The number of aromatic nitrogens is 4. The summed E-state index contributed by atoms with van der Waals surface area (Å²) >= 11 is 0. The first kappa shape index (κ1) is 12.5. The average Bonchev–Trinajstić information content (AvgIpc) is 2.83. The van der Waals surface area contributed by atoms with Crippen LogP contribution < -0.4 is 17.4 Å². The standard InChI is InChI=1S/C9H11N5O3.H3N/c10-9-12-7-6(8(16)13-9)11-3-14(7)5-1-4(15)2-17-5;/h3-5,15H,1-2H2,(H3,10,12,13,16);1H3/t4-,5+;/m0./s1. The molecule has 7 N–H and O–H groups in total. The third-order valence-electron chi connectivity index (χ3n) is 2.72. The Balaban J connectivity index is 0.00000120. The van der Waals surface area contributed by atoms with Crippen molar-refractivity contribution >= 4 is 17.1 Å². The molecule has 0 unspecified atom stereocenters. The monoisotopic (exact) mass is 254 g/mol. The smallest absolute Gasteiger partial charge is 0.280 e. The van der Waals surface area contributed by atoms with Gasteiger partial charge in [0.2, 0.25) is 5.95 Å². The van der Waals surface area contributed by atoms with Gasteiger partial charge in [-0.25, -0.2) is 4.98 Å². The van der Waals surface area contributed by atoms with E-state index >= 15 is 0 Å². The van der Waals surface area contributed by atoms with E-state index in [-0.39, 0.29) is 36.0 Å². The Kier molecular flexibility index (Phi) is 3.03. The van der Waals surface area contributed by atoms with Gasteiger partial charge in [-0.1, -0.05) is 0 Å². The number of fused-ring (bicyclic) bond motifs is 1. The lowest BCUT2D eigenvalue weighted by Crippen LogP contribution is -2.14. The van der Waals surface area contributed by atoms with E-state index < -0.39 is 6.10 Å². The molecule has 1 aliphatic rings. The molecule has 0 aliphatic carbocycles. The van der Waals surface area contributed by atoms with Crippen LogP contribution in [0, 0.1) is 0 Å². The van der Waals surface area contributed by atoms with Gasteiger partial charge in [-0.15, -0.1) is 0 Å². The van der Waals surface area contributed by atoms with Gasteiger partial charge in [-0.05, 0) is 0 Å². The van der Waals surface area contributed by atoms with Crippen LogP contribution in [0.25, 0.3) is 11.2 Å². The molecule has 0 saturated carbocycles. The highest BCUT2D eigenvalue weighted by Crippen LogP contribution is 2.25. The van der Waals surface area contributed by atoms with Crippen LogP contribution in [0.4, 0.5) is 5.95 Å². The lowest BCUT2D eigenvalue weighted by Gasteiger charge is -2.10. The van der Waals surface area contributed by atoms with Crippen molar-refractivity contribution in [3.05, 3.63) is 16.7 Å². The maximum absolute atomic E-state index is 11.6. The first-order valence-corrected chi connectivity index (χ1v) is 5.17. The largest absolute Gasteiger partial charge is 0.391 e. The van der Waals surface area contributed by atoms with Crippen molar-refractivity contribution in [1.82, 2.24) is 25.7 Å². The number of H-pyrrole nitrogens is 1. The predicted molar refractivity (Wildman–Crippen MR) is 63.2 cm³/mol. The fraction of sp³-hybridized carbons (Fsp3) is 0.444. The topological polar surface area (TPSA) is 154 Å². The number of aliphatic hydroxyl groups is 1. The zero-order valence-corrected chi connectivity index (χ0v) is 9.54. The highest BCUT2D eigenvalue weighted by atomic mass is 16.5. The summed E-state index contributed by atoms with van der Waals surface area (Å²) in [6.07, 6.45) is 1.05. The number of anilines is 1. The van der Waals surface area contributed by atoms with Gasteiger partial charge in [0.25, 0.3) is 5.56 Å². The minimum absolute atomic E-state index is 0. The van der Waals surface area contributed by atoms with Gasteiger partial charge in [0, 0.05) is 6.42 Å². The molecule has 18 heavy (non-hydrogen) atoms. The number of imidazole rings is 1. The summed E-state index contributed by atoms with van der Waals surface area (Å²) in [5.74, 6) is 0.0304. The van der Waals surface area contributed by atoms with Gasteiger partial charge in [0.05, 0.1) is 19.0 Å². The zero-order valence-electron chi connectivity index (χ0n) is 9.54. The Morgan fingerprint density at radius 1 is 1.61 bits per heavy atom. The van der Waals surface area contributed by atoms with Crippen molar-refractivity contribution in [3.63, 3.8) is 0 Å². The van der Waals surface area contributed by atoms with Gasteiger partial charge in [0.15, 0.2) is 11.2 Å². The molecule has 2 aromatic rings. The number of nitrogen functional groups attached to an aromatic ring is 1. The van der Waals surface area contributed by atoms with Crippen LogP contribution >= 0.6 is 0 Å². The Morgan fingerprint density at radius 2 is 2.39 bits per heavy atom. The molecule has 0 aromatic carbocycles. The molecule has 1 saturated heterocycles. The highest BCUT2D eigenvalue weighted by molar-refractivity contribution is 5.70. The SMILES string of the molecule is N.Nc1nc2c(ncn2[C@H]2C[C@H](O)CO2)c(=O)[nH]1. The van der Waals surface area contributed by atoms with E-state index in [1.165, 1.54) is 6.33 Å². The van der Waals surface area contributed by atoms with Gasteiger partial charge >= 0.3 is 0 Å². The van der Waals surface area contributed by atoms with Gasteiger partial charge < -0.3 is 21.7 Å². The van der Waals surface area contributed by atoms with Crippen molar-refractivity contribution in [3.8, 4) is 0 Å². The third kappa shape index (κ3) is 1.83. The summed E-state index contributed by atoms with van der Waals surface area (Å²) < 4.78 is 6.99. The molecule has 98 valence electrons. The number of rotatable bonds is 1. The zero-order chi connectivity index (χ0) is 12.0. The Bertz CT molecular complexity index is 620. The van der Waals surface area contributed by atoms with Crippen LogP contribution in [0.15, 0.2) is 11.1 Å². The molecule has 3 rings (SSSR count). The van der Waals surface area contributed by atoms with E-state index in [0.717, 1.165) is 0 Å². The second-order valence-corrected chi connectivity index (χ2v) is 3.95. The predicted octanol–water partition coefficient (Wildman–Crippen LogP) is -0.856. The number of hydrogen-bond acceptors (Lipinski definition) is 7. The summed E-state index contributed by atoms with van der Waals surface area (Å²) in [5.41, 5.74) is 5.67. The lowest BCUT2D eigenvalue weighted by molar-refractivity contribution is 0.0502. The molecule has 1 aliphatic heterocycles. The molecule has 0 radical (unpaired) electrons. The van der Waals surface area contributed by atoms with E-state index in [2.05, 4.69) is 15.0 Å². The van der Waals surface area contributed by atoms with Gasteiger partial charge in [0.1, 0.15) is 6.23 Å². The first-order valence-electron chi connectivity index (χ1n) is 5.17. The number of nitrogens with zero attached hydrogens (tertiary/aromatic N) is 3. The first-order chi connectivity index (χ1) is 8.15. The summed E-state index contributed by atoms with van der Waals surface area (Å²) in [5, 5.41) is 9.41. The van der Waals surface area contributed by atoms with Gasteiger partial charge in [-0.3, -0.25) is 14.3 Å². The summed E-state index contributed by atoms with van der Waals surface area (Å²) in [4.78, 5) is 21.9. The molecule has 9 nitrogen and oxygen atoms in total. The second-order valence-electron chi connectivity index (χ2n) is 3.95. The normalized spacial score (nSPS) is 23.2. The number of aromatic amines is 1. The van der Waals surface area contributed by atoms with Crippen molar-refractivity contribution in [1.29, 1.82) is 0 Å². The Morgan fingerprint density at radius 3 is 3.06 bits per heavy atom. The maximum Gasteiger partial charge on any atom is 0.280 e. The van der Waals surface area contributed by atoms with Crippen LogP contribution in [0.5, 0.6) is 0 Å². The van der Waals surface area contributed by atoms with E-state index in [4.69, 9.17) is 10.5 Å². The lowest BCUT2D eigenvalue weighted by atomic mass is 10.3. The van der Waals surface area contributed by atoms with Gasteiger partial charge in [-0.2, -0.15) is 4.98 Å². The molecular formula is C9H14N6O3. The van der Waals surface area contributed by atoms with E-state index in [9.17, 15) is 9.90 Å². The number of nitrogens with one attached hydrogen (secondary N) is 1. The van der Waals surface area contributed by atoms with Crippen molar-refractivity contribution in [2.75, 3.05) is 12.3 Å². The molecule has 2 atom stereocenters. The third-order valence-corrected chi connectivity index (χ3v) is 2.72. The van der Waals surface area contributed by atoms with Crippen LogP contribution in [0.2, 0.25) is 0 Å². The minimum atomic E-state index is -0.503. The Labute approximate surface area is 101 Å². The Hall–Kier alpha value is -1.97. The van der Waals surface area contributed by atoms with Crippen molar-refractivity contribution < 1.29 is 9.84 Å². The molecule has 2 aromatic heterocycles. The fourth-order valence-electron chi connectivity index (χ4n) is 1.94. The van der Waals surface area contributed by atoms with Crippen molar-refractivity contribution in [2.45, 2.75) is 18.8 Å². The van der Waals surface area contributed by atoms with Crippen molar-refractivity contribution in [2.24, 2.45) is 0 Å². The average molecular weight is 254 g/mol. The molecular weight excluding hydrogens is 240 g/mol. The van der Waals surface area contributed by atoms with Crippen LogP contribution in [-0.2, 0) is 4.74 Å². The molecule has 0 spiro atoms. The molecule has 1 fully saturated rings. The quantitative estimate of drug-likeness (QED) is 0.516. The summed E-state index contributed by atoms with van der Waals surface area (Å²) in [6.45, 7) is 0.267. The summed E-state index contributed by atoms with van der Waals surface area (Å²) in [7, 11) is 0. The molecule has 0 bridgehead atoms. The maximum atomic E-state index is 11.6. The molecule has 3 heterocycles. The van der Waals surface area contributed by atoms with Crippen LogP contribution in [0.3, 0.4) is 0 Å². The second kappa shape index (κ2) is 4.37. The summed E-state index contributed by atoms with van der Waals surface area (Å²) in [6, 6.07) is 0. The number of aliphatic hydroxyl groups excluding tert-OH is 1. The number of hydrogen-bond donors (Lipinski definition) is 4. The van der Waals surface area contributed by atoms with Crippen LogP contribution in [0.1, 0.15) is 12.6 Å². The fourth-order valence-corrected chi connectivity index (χ4v) is 1.94. The molecule has 0 amide bonds. The highest BCUT2D eigenvalue weighted by Gasteiger charge is 2.27. The van der Waals surface area contributed by atoms with E-state index in [1.807, 2.05) is 0 Å². The molecule has 9 heteroatoms.